The molecule has 0 saturated carbocycles. The molecular formula is C17H38N5O2+. The van der Waals surface area contributed by atoms with Gasteiger partial charge in [-0.25, -0.2) is 0 Å². The second-order valence-electron chi connectivity index (χ2n) is 8.28. The third kappa shape index (κ3) is 22.8. The Morgan fingerprint density at radius 1 is 1.04 bits per heavy atom. The van der Waals surface area contributed by atoms with Crippen LogP contribution in [0.15, 0.2) is 0 Å². The molecule has 24 heavy (non-hydrogen) atoms. The van der Waals surface area contributed by atoms with Gasteiger partial charge >= 0.3 is 5.97 Å². The van der Waals surface area contributed by atoms with Crippen LogP contribution in [0.1, 0.15) is 53.8 Å². The predicted octanol–water partition coefficient (Wildman–Crippen LogP) is 2.86. The maximum atomic E-state index is 9.81. The van der Waals surface area contributed by atoms with E-state index in [0.29, 0.717) is 5.92 Å². The van der Waals surface area contributed by atoms with Crippen molar-refractivity contribution in [2.75, 3.05) is 27.7 Å². The Balaban J connectivity index is 0. The van der Waals surface area contributed by atoms with Crippen molar-refractivity contribution in [3.05, 3.63) is 5.82 Å². The van der Waals surface area contributed by atoms with Crippen LogP contribution in [0.2, 0.25) is 0 Å². The van der Waals surface area contributed by atoms with Crippen molar-refractivity contribution in [2.24, 2.45) is 17.8 Å². The molecule has 0 saturated heterocycles. The lowest BCUT2D eigenvalue weighted by Gasteiger charge is -2.25. The van der Waals surface area contributed by atoms with E-state index in [-0.39, 0.29) is 12.3 Å². The van der Waals surface area contributed by atoms with Gasteiger partial charge in [-0.15, -0.1) is 10.2 Å². The largest absolute Gasteiger partial charge is 0.481 e. The summed E-state index contributed by atoms with van der Waals surface area (Å²) in [5, 5.41) is 21.5. The number of carboxylic acids is 1. The summed E-state index contributed by atoms with van der Waals surface area (Å²) in [5.41, 5.74) is 0. The van der Waals surface area contributed by atoms with Crippen molar-refractivity contribution >= 4 is 5.97 Å². The zero-order valence-electron chi connectivity index (χ0n) is 17.0. The van der Waals surface area contributed by atoms with Crippen LogP contribution in [0.25, 0.3) is 0 Å². The Kier molecular flexibility index (Phi) is 13.3. The molecule has 7 heteroatoms. The van der Waals surface area contributed by atoms with Crippen molar-refractivity contribution in [1.82, 2.24) is 20.6 Å². The van der Waals surface area contributed by atoms with E-state index in [0.717, 1.165) is 22.6 Å². The molecule has 0 aliphatic heterocycles. The van der Waals surface area contributed by atoms with Gasteiger partial charge in [-0.05, 0) is 11.8 Å². The van der Waals surface area contributed by atoms with Gasteiger partial charge in [0.25, 0.3) is 0 Å². The molecule has 0 aliphatic rings. The molecule has 0 radical (unpaired) electrons. The zero-order chi connectivity index (χ0) is 19.3. The molecule has 0 bridgehead atoms. The summed E-state index contributed by atoms with van der Waals surface area (Å²) in [7, 11) is 6.67. The van der Waals surface area contributed by atoms with Crippen LogP contribution in [0.5, 0.6) is 0 Å². The fourth-order valence-corrected chi connectivity index (χ4v) is 2.08. The lowest BCUT2D eigenvalue weighted by molar-refractivity contribution is -0.873. The minimum Gasteiger partial charge on any atom is -0.481 e. The van der Waals surface area contributed by atoms with Gasteiger partial charge in [-0.2, -0.15) is 5.21 Å². The van der Waals surface area contributed by atoms with E-state index in [2.05, 4.69) is 69.5 Å². The number of quaternary nitrogens is 1. The number of aromatic nitrogens is 4. The SMILES string of the molecule is CC(C)CC(=O)O.CC(C)C[N+](C)(C)C.CC(C)Cc1nn[nH]n1. The normalized spacial score (nSPS) is 11.0. The third-order valence-electron chi connectivity index (χ3n) is 2.48. The molecule has 0 aliphatic carbocycles. The molecule has 1 heterocycles. The van der Waals surface area contributed by atoms with Crippen LogP contribution < -0.4 is 0 Å². The van der Waals surface area contributed by atoms with Gasteiger partial charge in [0.05, 0.1) is 27.7 Å². The number of hydrogen-bond donors (Lipinski definition) is 2. The Hall–Kier alpha value is -1.50. The average Bonchev–Trinajstić information content (AvgIpc) is 2.76. The van der Waals surface area contributed by atoms with Crippen molar-refractivity contribution in [1.29, 1.82) is 0 Å². The van der Waals surface area contributed by atoms with Crippen LogP contribution in [0.4, 0.5) is 0 Å². The summed E-state index contributed by atoms with van der Waals surface area (Å²) < 4.78 is 1.08. The average molecular weight is 345 g/mol. The molecule has 7 nitrogen and oxygen atoms in total. The maximum Gasteiger partial charge on any atom is 0.303 e. The van der Waals surface area contributed by atoms with Gasteiger partial charge in [0, 0.05) is 18.8 Å². The molecule has 0 amide bonds. The zero-order valence-corrected chi connectivity index (χ0v) is 17.0. The van der Waals surface area contributed by atoms with E-state index in [1.807, 2.05) is 13.8 Å². The Morgan fingerprint density at radius 2 is 1.58 bits per heavy atom. The minimum absolute atomic E-state index is 0.275. The van der Waals surface area contributed by atoms with Crippen LogP contribution >= 0.6 is 0 Å². The van der Waals surface area contributed by atoms with Crippen molar-refractivity contribution in [2.45, 2.75) is 54.4 Å². The van der Waals surface area contributed by atoms with Gasteiger partial charge in [0.1, 0.15) is 0 Å². The molecule has 0 fully saturated rings. The number of nitrogens with zero attached hydrogens (tertiary/aromatic N) is 4. The van der Waals surface area contributed by atoms with Crippen molar-refractivity contribution in [3.63, 3.8) is 0 Å². The standard InChI is InChI=1S/C7H18N.C5H10N4.C5H10O2/c1-7(2)6-8(3,4)5;1-4(2)3-5-6-8-9-7-5;1-4(2)3-5(6)7/h7H,6H2,1-5H3;4H,3H2,1-2H3,(H,6,7,8,9);4H,3H2,1-2H3,(H,6,7)/q+1;;. The van der Waals surface area contributed by atoms with E-state index in [1.54, 1.807) is 0 Å². The van der Waals surface area contributed by atoms with Gasteiger partial charge in [-0.3, -0.25) is 4.79 Å². The number of H-pyrrole nitrogens is 1. The third-order valence-corrected chi connectivity index (χ3v) is 2.48. The van der Waals surface area contributed by atoms with Crippen LogP contribution in [0, 0.1) is 17.8 Å². The summed E-state index contributed by atoms with van der Waals surface area (Å²) in [5.74, 6) is 1.77. The predicted molar refractivity (Wildman–Crippen MR) is 97.5 cm³/mol. The fourth-order valence-electron chi connectivity index (χ4n) is 2.08. The maximum absolute atomic E-state index is 9.81. The summed E-state index contributed by atoms with van der Waals surface area (Å²) in [6.07, 6.45) is 1.18. The smallest absolute Gasteiger partial charge is 0.303 e. The molecule has 1 rings (SSSR count). The molecule has 0 spiro atoms. The summed E-state index contributed by atoms with van der Waals surface area (Å²) in [4.78, 5) is 9.81. The number of carboxylic acid groups (broad SMARTS) is 1. The Labute approximate surface area is 147 Å². The number of aromatic amines is 1. The van der Waals surface area contributed by atoms with Gasteiger partial charge in [-0.1, -0.05) is 46.8 Å². The molecule has 0 atom stereocenters. The second-order valence-corrected chi connectivity index (χ2v) is 8.28. The second kappa shape index (κ2) is 12.9. The summed E-state index contributed by atoms with van der Waals surface area (Å²) in [6, 6.07) is 0. The fraction of sp³-hybridized carbons (Fsp3) is 0.882. The highest BCUT2D eigenvalue weighted by molar-refractivity contribution is 5.66. The lowest BCUT2D eigenvalue weighted by atomic mass is 10.1. The molecule has 1 aromatic rings. The van der Waals surface area contributed by atoms with E-state index in [4.69, 9.17) is 5.11 Å². The summed E-state index contributed by atoms with van der Waals surface area (Å²) in [6.45, 7) is 13.8. The number of hydrogen-bond acceptors (Lipinski definition) is 4. The number of nitrogens with one attached hydrogen (secondary N) is 1. The van der Waals surface area contributed by atoms with Crippen molar-refractivity contribution < 1.29 is 14.4 Å². The first-order chi connectivity index (χ1) is 10.8. The van der Waals surface area contributed by atoms with Crippen LogP contribution in [0.3, 0.4) is 0 Å². The molecule has 2 N–H and O–H groups in total. The first kappa shape index (κ1) is 24.7. The molecule has 1 aromatic heterocycles. The molecule has 142 valence electrons. The monoisotopic (exact) mass is 344 g/mol. The summed E-state index contributed by atoms with van der Waals surface area (Å²) >= 11 is 0. The first-order valence-corrected chi connectivity index (χ1v) is 8.58. The van der Waals surface area contributed by atoms with E-state index >= 15 is 0 Å². The van der Waals surface area contributed by atoms with Crippen LogP contribution in [-0.2, 0) is 11.2 Å². The van der Waals surface area contributed by atoms with Gasteiger partial charge in [0.15, 0.2) is 5.82 Å². The first-order valence-electron chi connectivity index (χ1n) is 8.58. The Bertz CT molecular complexity index is 409. The topological polar surface area (TPSA) is 91.8 Å². The Morgan fingerprint density at radius 3 is 1.75 bits per heavy atom. The number of tetrazole rings is 1. The highest BCUT2D eigenvalue weighted by Gasteiger charge is 2.08. The molecular weight excluding hydrogens is 306 g/mol. The van der Waals surface area contributed by atoms with Crippen molar-refractivity contribution in [3.8, 4) is 0 Å². The van der Waals surface area contributed by atoms with E-state index in [9.17, 15) is 4.79 Å². The highest BCUT2D eigenvalue weighted by atomic mass is 16.4. The number of aliphatic carboxylic acids is 1. The molecule has 0 aromatic carbocycles. The minimum atomic E-state index is -0.713. The number of rotatable bonds is 6. The molecule has 0 unspecified atom stereocenters. The van der Waals surface area contributed by atoms with E-state index < -0.39 is 5.97 Å². The van der Waals surface area contributed by atoms with E-state index in [1.165, 1.54) is 6.54 Å². The quantitative estimate of drug-likeness (QED) is 0.774. The van der Waals surface area contributed by atoms with Crippen LogP contribution in [-0.4, -0.2) is 63.9 Å². The number of carbonyl (C=O) groups is 1. The lowest BCUT2D eigenvalue weighted by Crippen LogP contribution is -2.37. The van der Waals surface area contributed by atoms with Gasteiger partial charge < -0.3 is 9.59 Å². The van der Waals surface area contributed by atoms with Gasteiger partial charge in [0.2, 0.25) is 0 Å². The highest BCUT2D eigenvalue weighted by Crippen LogP contribution is 1.99.